The van der Waals surface area contributed by atoms with E-state index in [0.29, 0.717) is 11.4 Å². The highest BCUT2D eigenvalue weighted by molar-refractivity contribution is 5.97. The Kier molecular flexibility index (Phi) is 7.37. The van der Waals surface area contributed by atoms with Gasteiger partial charge in [0.2, 0.25) is 5.91 Å². The van der Waals surface area contributed by atoms with Crippen LogP contribution in [-0.2, 0) is 20.9 Å². The molecule has 0 aliphatic rings. The Bertz CT molecular complexity index is 989. The second kappa shape index (κ2) is 10.6. The van der Waals surface area contributed by atoms with Gasteiger partial charge < -0.3 is 10.1 Å². The smallest absolute Gasteiger partial charge is 0.308 e. The van der Waals surface area contributed by atoms with Crippen LogP contribution in [0.3, 0.4) is 0 Å². The fourth-order valence-electron chi connectivity index (χ4n) is 2.67. The molecule has 0 saturated heterocycles. The normalized spacial score (nSPS) is 10.4. The molecule has 1 N–H and O–H groups in total. The molecule has 3 rings (SSSR count). The number of tetrazole rings is 1. The number of rotatable bonds is 10. The molecule has 154 valence electrons. The highest BCUT2D eigenvalue weighted by atomic mass is 16.5. The van der Waals surface area contributed by atoms with Crippen molar-refractivity contribution in [1.29, 1.82) is 0 Å². The third-order valence-electron chi connectivity index (χ3n) is 4.22. The van der Waals surface area contributed by atoms with Crippen LogP contribution in [-0.4, -0.2) is 44.4 Å². The number of amides is 1. The van der Waals surface area contributed by atoms with E-state index in [2.05, 4.69) is 20.8 Å². The van der Waals surface area contributed by atoms with Gasteiger partial charge in [-0.05, 0) is 22.6 Å². The van der Waals surface area contributed by atoms with E-state index in [1.807, 2.05) is 36.4 Å². The van der Waals surface area contributed by atoms with Crippen LogP contribution in [0.1, 0.15) is 35.4 Å². The van der Waals surface area contributed by atoms with Crippen LogP contribution in [0.2, 0.25) is 0 Å². The predicted molar refractivity (Wildman–Crippen MR) is 107 cm³/mol. The molecular weight excluding hydrogens is 386 g/mol. The van der Waals surface area contributed by atoms with Gasteiger partial charge in [-0.1, -0.05) is 48.5 Å². The molecule has 0 unspecified atom stereocenters. The maximum Gasteiger partial charge on any atom is 0.308 e. The van der Waals surface area contributed by atoms with Gasteiger partial charge in [0.15, 0.2) is 18.2 Å². The Balaban J connectivity index is 1.35. The molecule has 0 aliphatic heterocycles. The lowest BCUT2D eigenvalue weighted by Crippen LogP contribution is -2.27. The third kappa shape index (κ3) is 6.06. The number of hydrogen-bond acceptors (Lipinski definition) is 7. The van der Waals surface area contributed by atoms with E-state index in [-0.39, 0.29) is 44.1 Å². The second-order valence-corrected chi connectivity index (χ2v) is 6.39. The summed E-state index contributed by atoms with van der Waals surface area (Å²) < 4.78 is 6.66. The van der Waals surface area contributed by atoms with E-state index in [0.717, 1.165) is 5.69 Å². The first-order chi connectivity index (χ1) is 14.6. The molecular formula is C21H21N5O4. The Labute approximate surface area is 173 Å². The number of benzene rings is 2. The van der Waals surface area contributed by atoms with Gasteiger partial charge in [-0.15, -0.1) is 5.10 Å². The largest absolute Gasteiger partial charge is 0.457 e. The van der Waals surface area contributed by atoms with E-state index >= 15 is 0 Å². The molecule has 0 spiro atoms. The molecule has 2 aromatic carbocycles. The lowest BCUT2D eigenvalue weighted by molar-refractivity contribution is -0.145. The number of Topliss-reactive ketones (excluding diaryl/α,β-unsaturated/α-hetero) is 1. The maximum absolute atomic E-state index is 12.0. The van der Waals surface area contributed by atoms with Crippen molar-refractivity contribution in [3.05, 3.63) is 72.1 Å². The lowest BCUT2D eigenvalue weighted by atomic mass is 10.1. The Morgan fingerprint density at radius 1 is 0.900 bits per heavy atom. The highest BCUT2D eigenvalue weighted by Crippen LogP contribution is 2.08. The number of nitrogens with zero attached hydrogens (tertiary/aromatic N) is 4. The van der Waals surface area contributed by atoms with E-state index in [1.165, 1.54) is 4.68 Å². The summed E-state index contributed by atoms with van der Waals surface area (Å²) in [4.78, 5) is 35.8. The summed E-state index contributed by atoms with van der Waals surface area (Å²) in [6.07, 6.45) is 0.183. The van der Waals surface area contributed by atoms with Gasteiger partial charge in [0.1, 0.15) is 0 Å². The van der Waals surface area contributed by atoms with Crippen molar-refractivity contribution in [2.75, 3.05) is 6.54 Å². The Hall–Kier alpha value is -3.88. The lowest BCUT2D eigenvalue weighted by Gasteiger charge is -2.07. The van der Waals surface area contributed by atoms with Crippen molar-refractivity contribution >= 4 is 17.7 Å². The summed E-state index contributed by atoms with van der Waals surface area (Å²) in [7, 11) is 0. The Morgan fingerprint density at radius 2 is 1.60 bits per heavy atom. The average molecular weight is 407 g/mol. The third-order valence-corrected chi connectivity index (χ3v) is 4.22. The average Bonchev–Trinajstić information content (AvgIpc) is 3.26. The molecule has 0 saturated carbocycles. The van der Waals surface area contributed by atoms with Crippen molar-refractivity contribution < 1.29 is 19.1 Å². The topological polar surface area (TPSA) is 116 Å². The number of carbonyl (C=O) groups is 3. The molecule has 1 heterocycles. The van der Waals surface area contributed by atoms with Crippen LogP contribution in [0.5, 0.6) is 0 Å². The summed E-state index contributed by atoms with van der Waals surface area (Å²) >= 11 is 0. The summed E-state index contributed by atoms with van der Waals surface area (Å²) in [5.74, 6) is -0.488. The van der Waals surface area contributed by atoms with Gasteiger partial charge in [-0.25, -0.2) is 0 Å². The van der Waals surface area contributed by atoms with Crippen LogP contribution in [0.15, 0.2) is 60.7 Å². The van der Waals surface area contributed by atoms with Crippen molar-refractivity contribution in [2.24, 2.45) is 0 Å². The van der Waals surface area contributed by atoms with E-state index < -0.39 is 5.97 Å². The van der Waals surface area contributed by atoms with Crippen LogP contribution in [0, 0.1) is 0 Å². The summed E-state index contributed by atoms with van der Waals surface area (Å²) in [5.41, 5.74) is 1.33. The number of carbonyl (C=O) groups excluding carboxylic acids is 3. The minimum atomic E-state index is -0.488. The summed E-state index contributed by atoms with van der Waals surface area (Å²) in [5, 5.41) is 14.0. The van der Waals surface area contributed by atoms with Crippen LogP contribution < -0.4 is 5.32 Å². The fourth-order valence-corrected chi connectivity index (χ4v) is 2.67. The molecule has 9 nitrogen and oxygen atoms in total. The molecule has 9 heteroatoms. The molecule has 30 heavy (non-hydrogen) atoms. The quantitative estimate of drug-likeness (QED) is 0.403. The zero-order chi connectivity index (χ0) is 21.2. The van der Waals surface area contributed by atoms with Gasteiger partial charge in [0.05, 0.1) is 12.1 Å². The van der Waals surface area contributed by atoms with Crippen molar-refractivity contribution in [3.8, 4) is 5.69 Å². The van der Waals surface area contributed by atoms with Crippen LogP contribution >= 0.6 is 0 Å². The van der Waals surface area contributed by atoms with Crippen molar-refractivity contribution in [1.82, 2.24) is 25.5 Å². The molecule has 0 fully saturated rings. The van der Waals surface area contributed by atoms with E-state index in [4.69, 9.17) is 4.74 Å². The molecule has 1 amide bonds. The summed E-state index contributed by atoms with van der Waals surface area (Å²) in [6.45, 7) is 0.0427. The van der Waals surface area contributed by atoms with Crippen LogP contribution in [0.4, 0.5) is 0 Å². The number of aromatic nitrogens is 4. The zero-order valence-corrected chi connectivity index (χ0v) is 16.2. The van der Waals surface area contributed by atoms with Gasteiger partial charge in [0.25, 0.3) is 0 Å². The molecule has 1 aromatic heterocycles. The first kappa shape index (κ1) is 20.8. The van der Waals surface area contributed by atoms with Crippen molar-refractivity contribution in [3.63, 3.8) is 0 Å². The first-order valence-corrected chi connectivity index (χ1v) is 9.47. The minimum absolute atomic E-state index is 0.00523. The van der Waals surface area contributed by atoms with E-state index in [1.54, 1.807) is 24.3 Å². The molecule has 0 aliphatic carbocycles. The van der Waals surface area contributed by atoms with Gasteiger partial charge >= 0.3 is 5.97 Å². The number of nitrogens with one attached hydrogen (secondary N) is 1. The van der Waals surface area contributed by atoms with Gasteiger partial charge in [-0.2, -0.15) is 4.68 Å². The minimum Gasteiger partial charge on any atom is -0.457 e. The number of ketones is 1. The number of para-hydroxylation sites is 1. The number of ether oxygens (including phenoxy) is 1. The second-order valence-electron chi connectivity index (χ2n) is 6.39. The molecule has 0 atom stereocenters. The Morgan fingerprint density at radius 3 is 2.33 bits per heavy atom. The van der Waals surface area contributed by atoms with E-state index in [9.17, 15) is 14.4 Å². The molecule has 0 radical (unpaired) electrons. The monoisotopic (exact) mass is 407 g/mol. The predicted octanol–water partition coefficient (Wildman–Crippen LogP) is 1.87. The molecule has 0 bridgehead atoms. The standard InChI is InChI=1S/C21H21N5O4/c27-18(16-7-3-1-4-8-16)11-12-20(28)22-14-13-21(29)30-15-19-23-24-25-26(19)17-9-5-2-6-10-17/h1-10H,11-15H2,(H,22,28). The van der Waals surface area contributed by atoms with Gasteiger partial charge in [0, 0.05) is 24.9 Å². The number of hydrogen-bond donors (Lipinski definition) is 1. The molecule has 3 aromatic rings. The number of esters is 1. The first-order valence-electron chi connectivity index (χ1n) is 9.47. The summed E-state index contributed by atoms with van der Waals surface area (Å²) in [6, 6.07) is 18.0. The van der Waals surface area contributed by atoms with Gasteiger partial charge in [-0.3, -0.25) is 14.4 Å². The maximum atomic E-state index is 12.0. The SMILES string of the molecule is O=C(CCC(=O)c1ccccc1)NCCC(=O)OCc1nnnn1-c1ccccc1. The highest BCUT2D eigenvalue weighted by Gasteiger charge is 2.12. The zero-order valence-electron chi connectivity index (χ0n) is 16.2. The van der Waals surface area contributed by atoms with Crippen LogP contribution in [0.25, 0.3) is 5.69 Å². The fraction of sp³-hybridized carbons (Fsp3) is 0.238. The van der Waals surface area contributed by atoms with Crippen molar-refractivity contribution in [2.45, 2.75) is 25.9 Å².